The van der Waals surface area contributed by atoms with Crippen LogP contribution in [0.3, 0.4) is 0 Å². The Balaban J connectivity index is 5.19. The number of hydrogen-bond acceptors (Lipinski definition) is 15. The third-order valence-electron chi connectivity index (χ3n) is 16.5. The number of hydrogen-bond donors (Lipinski definition) is 3. The van der Waals surface area contributed by atoms with Gasteiger partial charge in [0.05, 0.1) is 26.4 Å². The van der Waals surface area contributed by atoms with Gasteiger partial charge >= 0.3 is 39.5 Å². The summed E-state index contributed by atoms with van der Waals surface area (Å²) in [5.74, 6) is -0.720. The molecule has 19 heteroatoms. The number of unbranched alkanes of at least 4 members (excludes halogenated alkanes) is 40. The summed E-state index contributed by atoms with van der Waals surface area (Å²) in [6.45, 7) is 9.43. The normalized spacial score (nSPS) is 14.1. The van der Waals surface area contributed by atoms with Crippen LogP contribution < -0.4 is 0 Å². The van der Waals surface area contributed by atoms with Gasteiger partial charge in [-0.3, -0.25) is 37.3 Å². The molecule has 0 heterocycles. The molecule has 0 aromatic heterocycles. The smallest absolute Gasteiger partial charge is 0.462 e. The average Bonchev–Trinajstić information content (AvgIpc) is 3.21. The summed E-state index contributed by atoms with van der Waals surface area (Å²) in [4.78, 5) is 72.5. The molecule has 3 N–H and O–H groups in total. The summed E-state index contributed by atoms with van der Waals surface area (Å²) < 4.78 is 68.2. The molecule has 5 atom stereocenters. The van der Waals surface area contributed by atoms with Crippen molar-refractivity contribution in [2.75, 3.05) is 39.6 Å². The van der Waals surface area contributed by atoms with Gasteiger partial charge in [-0.15, -0.1) is 0 Å². The van der Waals surface area contributed by atoms with Crippen LogP contribution in [-0.2, 0) is 65.4 Å². The first-order chi connectivity index (χ1) is 43.4. The Labute approximate surface area is 549 Å². The number of carbonyl (C=O) groups excluding carboxylic acids is 4. The number of esters is 4. The highest BCUT2D eigenvalue weighted by Crippen LogP contribution is 2.45. The average molecular weight is 1330 g/mol. The highest BCUT2D eigenvalue weighted by atomic mass is 31.2. The SMILES string of the molecule is CCCCCCCCCCCCCCCCCCCCCC(=O)O[C@H](COC(=O)CCCCCCCCCCC(C)C)COP(=O)(O)OC[C@@H](O)COP(=O)(O)OC[C@@H](COC(=O)CCCCCCCCC(C)C)OC(=O)CCCCCCCCCCCCC. The van der Waals surface area contributed by atoms with Gasteiger partial charge in [-0.1, -0.05) is 311 Å². The number of ether oxygens (including phenoxy) is 4. The van der Waals surface area contributed by atoms with Gasteiger partial charge in [0.1, 0.15) is 19.3 Å². The van der Waals surface area contributed by atoms with Crippen LogP contribution in [0.4, 0.5) is 0 Å². The minimum absolute atomic E-state index is 0.106. The van der Waals surface area contributed by atoms with E-state index in [1.165, 1.54) is 173 Å². The highest BCUT2D eigenvalue weighted by molar-refractivity contribution is 7.47. The van der Waals surface area contributed by atoms with E-state index in [-0.39, 0.29) is 25.7 Å². The van der Waals surface area contributed by atoms with E-state index in [0.29, 0.717) is 31.6 Å². The molecule has 17 nitrogen and oxygen atoms in total. The van der Waals surface area contributed by atoms with E-state index >= 15 is 0 Å². The first-order valence-corrected chi connectivity index (χ1v) is 40.0. The maximum absolute atomic E-state index is 13.0. The fraction of sp³-hybridized carbons (Fsp3) is 0.944. The molecule has 534 valence electrons. The molecule has 0 aliphatic rings. The largest absolute Gasteiger partial charge is 0.472 e. The van der Waals surface area contributed by atoms with Crippen molar-refractivity contribution in [2.24, 2.45) is 11.8 Å². The number of carbonyl (C=O) groups is 4. The zero-order chi connectivity index (χ0) is 66.5. The Morgan fingerprint density at radius 3 is 0.756 bits per heavy atom. The predicted octanol–water partition coefficient (Wildman–Crippen LogP) is 20.4. The predicted molar refractivity (Wildman–Crippen MR) is 363 cm³/mol. The van der Waals surface area contributed by atoms with Crippen molar-refractivity contribution < 1.29 is 80.2 Å². The van der Waals surface area contributed by atoms with E-state index in [4.69, 9.17) is 37.0 Å². The summed E-state index contributed by atoms with van der Waals surface area (Å²) in [5, 5.41) is 10.6. The molecule has 0 aromatic carbocycles. The molecule has 2 unspecified atom stereocenters. The summed E-state index contributed by atoms with van der Waals surface area (Å²) in [6.07, 6.45) is 48.8. The van der Waals surface area contributed by atoms with Gasteiger partial charge < -0.3 is 33.8 Å². The van der Waals surface area contributed by atoms with Crippen molar-refractivity contribution in [3.8, 4) is 0 Å². The second-order valence-corrected chi connectivity index (χ2v) is 29.5. The van der Waals surface area contributed by atoms with E-state index in [0.717, 1.165) is 102 Å². The zero-order valence-electron chi connectivity index (χ0n) is 58.4. The van der Waals surface area contributed by atoms with Crippen LogP contribution in [0.25, 0.3) is 0 Å². The van der Waals surface area contributed by atoms with Gasteiger partial charge in [0.25, 0.3) is 0 Å². The van der Waals surface area contributed by atoms with E-state index in [2.05, 4.69) is 41.5 Å². The molecule has 0 bridgehead atoms. The molecular weight excluding hydrogens is 1190 g/mol. The van der Waals surface area contributed by atoms with Crippen molar-refractivity contribution >= 4 is 39.5 Å². The van der Waals surface area contributed by atoms with Gasteiger partial charge in [0.2, 0.25) is 0 Å². The van der Waals surface area contributed by atoms with Crippen molar-refractivity contribution in [3.05, 3.63) is 0 Å². The topological polar surface area (TPSA) is 237 Å². The third-order valence-corrected chi connectivity index (χ3v) is 18.4. The van der Waals surface area contributed by atoms with Crippen LogP contribution in [0.1, 0.15) is 363 Å². The van der Waals surface area contributed by atoms with Crippen LogP contribution in [0.2, 0.25) is 0 Å². The molecule has 0 fully saturated rings. The summed E-state index contributed by atoms with van der Waals surface area (Å²) in [7, 11) is -9.90. The minimum Gasteiger partial charge on any atom is -0.462 e. The number of rotatable bonds is 70. The van der Waals surface area contributed by atoms with Crippen LogP contribution in [0, 0.1) is 11.8 Å². The number of aliphatic hydroxyl groups excluding tert-OH is 1. The lowest BCUT2D eigenvalue weighted by molar-refractivity contribution is -0.161. The molecular formula is C71H138O17P2. The minimum atomic E-state index is -4.95. The second kappa shape index (κ2) is 63.1. The molecule has 0 saturated carbocycles. The van der Waals surface area contributed by atoms with E-state index in [9.17, 15) is 43.2 Å². The highest BCUT2D eigenvalue weighted by Gasteiger charge is 2.30. The van der Waals surface area contributed by atoms with Gasteiger partial charge in [-0.25, -0.2) is 9.13 Å². The Hall–Kier alpha value is -1.94. The zero-order valence-corrected chi connectivity index (χ0v) is 60.2. The summed E-state index contributed by atoms with van der Waals surface area (Å²) in [6, 6.07) is 0. The summed E-state index contributed by atoms with van der Waals surface area (Å²) >= 11 is 0. The first kappa shape index (κ1) is 88.1. The molecule has 0 aliphatic heterocycles. The lowest BCUT2D eigenvalue weighted by Gasteiger charge is -2.21. The third kappa shape index (κ3) is 64.8. The molecule has 90 heavy (non-hydrogen) atoms. The Morgan fingerprint density at radius 1 is 0.300 bits per heavy atom. The van der Waals surface area contributed by atoms with Crippen molar-refractivity contribution in [3.63, 3.8) is 0 Å². The lowest BCUT2D eigenvalue weighted by Crippen LogP contribution is -2.30. The number of phosphoric acid groups is 2. The molecule has 0 amide bonds. The maximum atomic E-state index is 13.0. The molecule has 0 rings (SSSR count). The van der Waals surface area contributed by atoms with Gasteiger partial charge in [-0.2, -0.15) is 0 Å². The number of aliphatic hydroxyl groups is 1. The molecule has 0 aromatic rings. The monoisotopic (exact) mass is 1320 g/mol. The lowest BCUT2D eigenvalue weighted by atomic mass is 10.0. The molecule has 0 spiro atoms. The number of phosphoric ester groups is 2. The molecule has 0 aliphatic carbocycles. The standard InChI is InChI=1S/C71H138O17P2/c1-7-9-11-13-15-17-19-20-21-22-23-24-25-26-28-30-36-44-50-56-71(76)87-66(59-81-68(73)53-47-41-34-32-31-33-39-45-51-63(3)4)61-85-89(77,78)83-57-65(72)58-84-90(79,80)86-62-67(60-82-69(74)54-48-42-38-37-40-46-52-64(5)6)88-70(75)55-49-43-35-29-27-18-16-14-12-10-8-2/h63-67,72H,7-62H2,1-6H3,(H,77,78)(H,79,80)/t65-,66-,67-/m1/s1. The van der Waals surface area contributed by atoms with Crippen LogP contribution in [0.5, 0.6) is 0 Å². The second-order valence-electron chi connectivity index (χ2n) is 26.6. The Bertz CT molecular complexity index is 1750. The maximum Gasteiger partial charge on any atom is 0.472 e. The fourth-order valence-electron chi connectivity index (χ4n) is 10.8. The van der Waals surface area contributed by atoms with E-state index < -0.39 is 97.5 Å². The molecule has 0 radical (unpaired) electrons. The van der Waals surface area contributed by atoms with Crippen molar-refractivity contribution in [1.29, 1.82) is 0 Å². The van der Waals surface area contributed by atoms with Crippen LogP contribution >= 0.6 is 15.6 Å². The fourth-order valence-corrected chi connectivity index (χ4v) is 12.3. The van der Waals surface area contributed by atoms with Crippen molar-refractivity contribution in [1.82, 2.24) is 0 Å². The van der Waals surface area contributed by atoms with E-state index in [1.54, 1.807) is 0 Å². The Morgan fingerprint density at radius 2 is 0.511 bits per heavy atom. The van der Waals surface area contributed by atoms with Crippen LogP contribution in [0.15, 0.2) is 0 Å². The quantitative estimate of drug-likeness (QED) is 0.0222. The molecule has 0 saturated heterocycles. The van der Waals surface area contributed by atoms with Gasteiger partial charge in [0, 0.05) is 25.7 Å². The van der Waals surface area contributed by atoms with Gasteiger partial charge in [0.15, 0.2) is 12.2 Å². The van der Waals surface area contributed by atoms with E-state index in [1.807, 2.05) is 0 Å². The summed E-state index contributed by atoms with van der Waals surface area (Å²) in [5.41, 5.74) is 0. The Kier molecular flexibility index (Phi) is 61.8. The van der Waals surface area contributed by atoms with Crippen molar-refractivity contribution in [2.45, 2.75) is 381 Å². The first-order valence-electron chi connectivity index (χ1n) is 37.0. The van der Waals surface area contributed by atoms with Crippen LogP contribution in [-0.4, -0.2) is 96.7 Å². The van der Waals surface area contributed by atoms with Gasteiger partial charge in [-0.05, 0) is 37.5 Å².